The zero-order chi connectivity index (χ0) is 14.4. The summed E-state index contributed by atoms with van der Waals surface area (Å²) in [7, 11) is -1.80. The van der Waals surface area contributed by atoms with Crippen molar-refractivity contribution in [2.45, 2.75) is 51.9 Å². The molecule has 0 aromatic carbocycles. The summed E-state index contributed by atoms with van der Waals surface area (Å²) in [6, 6.07) is 0. The number of ether oxygens (including phenoxy) is 1. The molecule has 1 atom stereocenters. The van der Waals surface area contributed by atoms with Gasteiger partial charge >= 0.3 is 5.97 Å². The summed E-state index contributed by atoms with van der Waals surface area (Å²) in [6.45, 7) is 16.4. The summed E-state index contributed by atoms with van der Waals surface area (Å²) in [5.41, 5.74) is 0. The largest absolute Gasteiger partial charge is 0.462 e. The molecular formula is C14H26O3Si. The molecule has 0 aliphatic carbocycles. The quantitative estimate of drug-likeness (QED) is 0.419. The molecule has 3 nitrogen and oxygen atoms in total. The van der Waals surface area contributed by atoms with Crippen molar-refractivity contribution < 1.29 is 14.0 Å². The van der Waals surface area contributed by atoms with E-state index in [1.54, 1.807) is 12.2 Å². The van der Waals surface area contributed by atoms with Crippen LogP contribution in [0.4, 0.5) is 0 Å². The smallest absolute Gasteiger partial charge is 0.302 e. The van der Waals surface area contributed by atoms with Crippen LogP contribution >= 0.6 is 0 Å². The van der Waals surface area contributed by atoms with Crippen molar-refractivity contribution in [3.63, 3.8) is 0 Å². The second-order valence-electron chi connectivity index (χ2n) is 5.81. The maximum Gasteiger partial charge on any atom is 0.302 e. The van der Waals surface area contributed by atoms with Crippen molar-refractivity contribution in [2.75, 3.05) is 6.61 Å². The van der Waals surface area contributed by atoms with Crippen LogP contribution in [0.25, 0.3) is 0 Å². The third-order valence-corrected chi connectivity index (χ3v) is 7.65. The van der Waals surface area contributed by atoms with Gasteiger partial charge in [0, 0.05) is 6.92 Å². The summed E-state index contributed by atoms with van der Waals surface area (Å²) in [5.74, 6) is -0.278. The fraction of sp³-hybridized carbons (Fsp3) is 0.643. The van der Waals surface area contributed by atoms with Crippen LogP contribution in [0.15, 0.2) is 24.8 Å². The number of hydrogen-bond acceptors (Lipinski definition) is 3. The van der Waals surface area contributed by atoms with Gasteiger partial charge < -0.3 is 9.16 Å². The van der Waals surface area contributed by atoms with Crippen LogP contribution < -0.4 is 0 Å². The second kappa shape index (κ2) is 6.90. The highest BCUT2D eigenvalue weighted by molar-refractivity contribution is 6.74. The zero-order valence-electron chi connectivity index (χ0n) is 12.4. The monoisotopic (exact) mass is 270 g/mol. The number of esters is 1. The summed E-state index contributed by atoms with van der Waals surface area (Å²) < 4.78 is 11.0. The van der Waals surface area contributed by atoms with Crippen LogP contribution in [0.5, 0.6) is 0 Å². The minimum atomic E-state index is -1.80. The molecule has 0 aliphatic rings. The molecule has 0 saturated heterocycles. The average molecular weight is 270 g/mol. The van der Waals surface area contributed by atoms with E-state index in [-0.39, 0.29) is 23.7 Å². The molecule has 18 heavy (non-hydrogen) atoms. The third kappa shape index (κ3) is 6.17. The van der Waals surface area contributed by atoms with Crippen molar-refractivity contribution >= 4 is 14.3 Å². The van der Waals surface area contributed by atoms with Gasteiger partial charge in [0.25, 0.3) is 0 Å². The molecule has 0 radical (unpaired) electrons. The van der Waals surface area contributed by atoms with Gasteiger partial charge in [-0.15, -0.1) is 6.58 Å². The maximum atomic E-state index is 10.6. The Balaban J connectivity index is 4.44. The molecule has 0 saturated carbocycles. The van der Waals surface area contributed by atoms with E-state index in [0.29, 0.717) is 0 Å². The van der Waals surface area contributed by atoms with Gasteiger partial charge in [-0.2, -0.15) is 0 Å². The summed E-state index contributed by atoms with van der Waals surface area (Å²) in [6.07, 6.45) is 5.32. The normalized spacial score (nSPS) is 14.6. The molecule has 0 N–H and O–H groups in total. The van der Waals surface area contributed by atoms with Crippen LogP contribution in [-0.4, -0.2) is 27.0 Å². The third-order valence-electron chi connectivity index (χ3n) is 3.18. The lowest BCUT2D eigenvalue weighted by atomic mass is 10.2. The van der Waals surface area contributed by atoms with Gasteiger partial charge in [-0.1, -0.05) is 32.9 Å². The molecule has 0 amide bonds. The molecule has 0 fully saturated rings. The fourth-order valence-corrected chi connectivity index (χ4v) is 2.25. The van der Waals surface area contributed by atoms with Gasteiger partial charge in [-0.3, -0.25) is 4.79 Å². The lowest BCUT2D eigenvalue weighted by Gasteiger charge is -2.38. The van der Waals surface area contributed by atoms with Crippen LogP contribution in [-0.2, 0) is 14.0 Å². The molecular weight excluding hydrogens is 244 g/mol. The Bertz CT molecular complexity index is 313. The number of carbonyl (C=O) groups is 1. The fourth-order valence-electron chi connectivity index (χ4n) is 1.04. The lowest BCUT2D eigenvalue weighted by Crippen LogP contribution is -2.43. The van der Waals surface area contributed by atoms with Crippen molar-refractivity contribution in [3.05, 3.63) is 24.8 Å². The molecule has 0 heterocycles. The highest BCUT2D eigenvalue weighted by atomic mass is 28.4. The van der Waals surface area contributed by atoms with Crippen LogP contribution in [0.2, 0.25) is 18.1 Å². The maximum absolute atomic E-state index is 10.6. The zero-order valence-corrected chi connectivity index (χ0v) is 13.4. The Morgan fingerprint density at radius 3 is 2.33 bits per heavy atom. The molecule has 0 bridgehead atoms. The summed E-state index contributed by atoms with van der Waals surface area (Å²) >= 11 is 0. The van der Waals surface area contributed by atoms with E-state index >= 15 is 0 Å². The van der Waals surface area contributed by atoms with E-state index in [4.69, 9.17) is 9.16 Å². The number of hydrogen-bond donors (Lipinski definition) is 0. The van der Waals surface area contributed by atoms with Crippen LogP contribution in [0.1, 0.15) is 27.7 Å². The first kappa shape index (κ1) is 17.1. The Labute approximate surface area is 112 Å². The van der Waals surface area contributed by atoms with Gasteiger partial charge in [0.15, 0.2) is 8.32 Å². The van der Waals surface area contributed by atoms with E-state index < -0.39 is 8.32 Å². The van der Waals surface area contributed by atoms with Crippen molar-refractivity contribution in [2.24, 2.45) is 0 Å². The SMILES string of the molecule is C=CC(/C=C/COC(C)=O)O[Si](C)(C)C(C)(C)C. The van der Waals surface area contributed by atoms with E-state index in [1.165, 1.54) is 6.92 Å². The van der Waals surface area contributed by atoms with E-state index in [9.17, 15) is 4.79 Å². The molecule has 0 aromatic rings. The van der Waals surface area contributed by atoms with Crippen molar-refractivity contribution in [3.8, 4) is 0 Å². The Hall–Kier alpha value is -0.873. The lowest BCUT2D eigenvalue weighted by molar-refractivity contribution is -0.139. The highest BCUT2D eigenvalue weighted by Crippen LogP contribution is 2.37. The molecule has 0 spiro atoms. The minimum Gasteiger partial charge on any atom is -0.462 e. The first-order valence-electron chi connectivity index (χ1n) is 6.20. The molecule has 1 unspecified atom stereocenters. The topological polar surface area (TPSA) is 35.5 Å². The Morgan fingerprint density at radius 2 is 1.94 bits per heavy atom. The molecule has 4 heteroatoms. The first-order valence-corrected chi connectivity index (χ1v) is 9.11. The second-order valence-corrected chi connectivity index (χ2v) is 10.6. The van der Waals surface area contributed by atoms with Gasteiger partial charge in [0.2, 0.25) is 0 Å². The summed E-state index contributed by atoms with van der Waals surface area (Å²) in [5, 5.41) is 0.165. The number of rotatable bonds is 6. The highest BCUT2D eigenvalue weighted by Gasteiger charge is 2.38. The van der Waals surface area contributed by atoms with Gasteiger partial charge in [-0.25, -0.2) is 0 Å². The van der Waals surface area contributed by atoms with Crippen LogP contribution in [0.3, 0.4) is 0 Å². The predicted molar refractivity (Wildman–Crippen MR) is 78.0 cm³/mol. The van der Waals surface area contributed by atoms with Crippen LogP contribution in [0, 0.1) is 0 Å². The molecule has 104 valence electrons. The van der Waals surface area contributed by atoms with Gasteiger partial charge in [0.1, 0.15) is 6.61 Å². The van der Waals surface area contributed by atoms with E-state index in [2.05, 4.69) is 40.4 Å². The predicted octanol–water partition coefficient (Wildman–Crippen LogP) is 3.68. The Kier molecular flexibility index (Phi) is 6.56. The van der Waals surface area contributed by atoms with Crippen molar-refractivity contribution in [1.29, 1.82) is 0 Å². The average Bonchev–Trinajstić information content (AvgIpc) is 2.20. The first-order chi connectivity index (χ1) is 8.10. The molecule has 0 aliphatic heterocycles. The van der Waals surface area contributed by atoms with E-state index in [1.807, 2.05) is 6.08 Å². The Morgan fingerprint density at radius 1 is 1.39 bits per heavy atom. The van der Waals surface area contributed by atoms with Gasteiger partial charge in [0.05, 0.1) is 6.10 Å². The van der Waals surface area contributed by atoms with E-state index in [0.717, 1.165) is 0 Å². The van der Waals surface area contributed by atoms with Gasteiger partial charge in [-0.05, 0) is 24.2 Å². The molecule has 0 rings (SSSR count). The standard InChI is InChI=1S/C14H26O3Si/c1-8-13(10-9-11-16-12(2)15)17-18(6,7)14(3,4)5/h8-10,13H,1,11H2,2-7H3/b10-9+. The summed E-state index contributed by atoms with van der Waals surface area (Å²) in [4.78, 5) is 10.6. The molecule has 0 aromatic heterocycles. The number of carbonyl (C=O) groups excluding carboxylic acids is 1. The minimum absolute atomic E-state index is 0.124. The van der Waals surface area contributed by atoms with Crippen molar-refractivity contribution in [1.82, 2.24) is 0 Å².